The van der Waals surface area contributed by atoms with Crippen LogP contribution in [0.3, 0.4) is 0 Å². The lowest BCUT2D eigenvalue weighted by molar-refractivity contribution is 0.552. The Bertz CT molecular complexity index is 677. The normalized spacial score (nSPS) is 11.1. The lowest BCUT2D eigenvalue weighted by Crippen LogP contribution is -2.14. The van der Waals surface area contributed by atoms with Crippen molar-refractivity contribution in [3.05, 3.63) is 63.1 Å². The maximum atomic E-state index is 4.62. The summed E-state index contributed by atoms with van der Waals surface area (Å²) in [4.78, 5) is 6.68. The topological polar surface area (TPSA) is 15.6 Å². The second-order valence-corrected chi connectivity index (χ2v) is 6.47. The van der Waals surface area contributed by atoms with E-state index in [1.165, 1.54) is 22.3 Å². The zero-order valence-corrected chi connectivity index (χ0v) is 15.3. The summed E-state index contributed by atoms with van der Waals surface area (Å²) >= 11 is 3.74. The van der Waals surface area contributed by atoms with Crippen LogP contribution in [-0.4, -0.2) is 24.8 Å². The summed E-state index contributed by atoms with van der Waals surface area (Å²) in [5, 5.41) is 0. The number of hydrogen-bond donors (Lipinski definition) is 0. The molecule has 0 unspecified atom stereocenters. The van der Waals surface area contributed by atoms with E-state index in [-0.39, 0.29) is 0 Å². The Hall–Kier alpha value is -1.61. The fourth-order valence-electron chi connectivity index (χ4n) is 2.30. The molecule has 0 aliphatic rings. The second kappa shape index (κ2) is 7.59. The fraction of sp³-hybridized carbons (Fsp3) is 0.316. The van der Waals surface area contributed by atoms with Crippen molar-refractivity contribution in [1.82, 2.24) is 4.90 Å². The minimum absolute atomic E-state index is 0.918. The van der Waals surface area contributed by atoms with E-state index in [9.17, 15) is 0 Å². The van der Waals surface area contributed by atoms with Gasteiger partial charge in [-0.1, -0.05) is 30.3 Å². The summed E-state index contributed by atoms with van der Waals surface area (Å²) in [6, 6.07) is 12.9. The molecule has 0 saturated carbocycles. The van der Waals surface area contributed by atoms with Crippen molar-refractivity contribution in [2.24, 2.45) is 4.99 Å². The molecule has 0 heterocycles. The van der Waals surface area contributed by atoms with Crippen molar-refractivity contribution >= 4 is 28.0 Å². The second-order valence-electron chi connectivity index (χ2n) is 5.68. The van der Waals surface area contributed by atoms with Gasteiger partial charge in [0, 0.05) is 18.1 Å². The van der Waals surface area contributed by atoms with Crippen LogP contribution in [-0.2, 0) is 6.42 Å². The van der Waals surface area contributed by atoms with Gasteiger partial charge in [0.05, 0.1) is 12.0 Å². The number of hydrogen-bond acceptors (Lipinski definition) is 1. The molecule has 116 valence electrons. The van der Waals surface area contributed by atoms with Crippen LogP contribution in [0, 0.1) is 13.8 Å². The van der Waals surface area contributed by atoms with Crippen LogP contribution in [0.15, 0.2) is 45.9 Å². The lowest BCUT2D eigenvalue weighted by atomic mass is 9.99. The van der Waals surface area contributed by atoms with Crippen molar-refractivity contribution in [1.29, 1.82) is 0 Å². The molecule has 2 aromatic carbocycles. The largest absolute Gasteiger partial charge is 0.366 e. The summed E-state index contributed by atoms with van der Waals surface area (Å²) in [5.74, 6) is 0. The van der Waals surface area contributed by atoms with Gasteiger partial charge in [0.2, 0.25) is 0 Å². The van der Waals surface area contributed by atoms with Gasteiger partial charge in [-0.3, -0.25) is 0 Å². The number of nitrogens with zero attached hydrogens (tertiary/aromatic N) is 2. The van der Waals surface area contributed by atoms with Crippen LogP contribution >= 0.6 is 15.9 Å². The first-order chi connectivity index (χ1) is 10.5. The molecule has 0 bridgehead atoms. The van der Waals surface area contributed by atoms with Crippen molar-refractivity contribution in [3.63, 3.8) is 0 Å². The van der Waals surface area contributed by atoms with E-state index in [1.54, 1.807) is 0 Å². The number of halogens is 1. The molecule has 0 amide bonds. The predicted octanol–water partition coefficient (Wildman–Crippen LogP) is 5.27. The highest BCUT2D eigenvalue weighted by atomic mass is 79.9. The van der Waals surface area contributed by atoms with Gasteiger partial charge >= 0.3 is 0 Å². The van der Waals surface area contributed by atoms with Crippen LogP contribution in [0.1, 0.15) is 29.2 Å². The van der Waals surface area contributed by atoms with Crippen molar-refractivity contribution < 1.29 is 0 Å². The van der Waals surface area contributed by atoms with Crippen molar-refractivity contribution in [3.8, 4) is 0 Å². The van der Waals surface area contributed by atoms with Crippen LogP contribution < -0.4 is 0 Å². The minimum Gasteiger partial charge on any atom is -0.366 e. The highest BCUT2D eigenvalue weighted by Crippen LogP contribution is 2.32. The van der Waals surface area contributed by atoms with E-state index >= 15 is 0 Å². The summed E-state index contributed by atoms with van der Waals surface area (Å²) in [7, 11) is 2.03. The first-order valence-corrected chi connectivity index (χ1v) is 8.38. The summed E-state index contributed by atoms with van der Waals surface area (Å²) in [6.45, 7) is 7.34. The average Bonchev–Trinajstić information content (AvgIpc) is 2.50. The van der Waals surface area contributed by atoms with Crippen LogP contribution in [0.4, 0.5) is 5.69 Å². The monoisotopic (exact) mass is 358 g/mol. The molecule has 0 saturated heterocycles. The number of benzene rings is 2. The molecule has 2 nitrogen and oxygen atoms in total. The van der Waals surface area contributed by atoms with Gasteiger partial charge in [0.1, 0.15) is 0 Å². The van der Waals surface area contributed by atoms with Gasteiger partial charge in [0.25, 0.3) is 0 Å². The van der Waals surface area contributed by atoms with Gasteiger partial charge in [-0.25, -0.2) is 4.99 Å². The van der Waals surface area contributed by atoms with Gasteiger partial charge in [-0.2, -0.15) is 0 Å². The molecule has 0 radical (unpaired) electrons. The Morgan fingerprint density at radius 3 is 2.55 bits per heavy atom. The molecule has 0 atom stereocenters. The summed E-state index contributed by atoms with van der Waals surface area (Å²) in [5.41, 5.74) is 6.18. The van der Waals surface area contributed by atoms with Gasteiger partial charge in [0.15, 0.2) is 0 Å². The molecule has 2 aromatic rings. The zero-order valence-electron chi connectivity index (χ0n) is 13.7. The molecular formula is C19H23BrN2. The van der Waals surface area contributed by atoms with E-state index in [0.717, 1.165) is 23.1 Å². The Labute approximate surface area is 142 Å². The molecule has 0 aromatic heterocycles. The number of rotatable bonds is 5. The molecule has 22 heavy (non-hydrogen) atoms. The van der Waals surface area contributed by atoms with Crippen molar-refractivity contribution in [2.75, 3.05) is 13.6 Å². The molecule has 0 N–H and O–H groups in total. The van der Waals surface area contributed by atoms with Crippen LogP contribution in [0.2, 0.25) is 0 Å². The SMILES string of the molecule is CCN(C)C=Nc1cc(C)cc(Cc2ccccc2C)c1Br. The zero-order chi connectivity index (χ0) is 16.1. The standard InChI is InChI=1S/C19H23BrN2/c1-5-22(4)13-21-18-11-14(2)10-17(19(18)20)12-16-9-7-6-8-15(16)3/h6-11,13H,5,12H2,1-4H3. The quantitative estimate of drug-likeness (QED) is 0.525. The Balaban J connectivity index is 2.35. The van der Waals surface area contributed by atoms with E-state index in [2.05, 4.69) is 83.0 Å². The van der Waals surface area contributed by atoms with E-state index in [0.29, 0.717) is 0 Å². The first kappa shape index (κ1) is 16.8. The predicted molar refractivity (Wildman–Crippen MR) is 99.3 cm³/mol. The molecule has 0 spiro atoms. The Morgan fingerprint density at radius 2 is 1.86 bits per heavy atom. The summed E-state index contributed by atoms with van der Waals surface area (Å²) < 4.78 is 1.09. The molecule has 0 fully saturated rings. The molecule has 0 aliphatic heterocycles. The van der Waals surface area contributed by atoms with Gasteiger partial charge < -0.3 is 4.90 Å². The Kier molecular flexibility index (Phi) is 5.78. The van der Waals surface area contributed by atoms with E-state index in [1.807, 2.05) is 13.4 Å². The average molecular weight is 359 g/mol. The molecule has 2 rings (SSSR count). The lowest BCUT2D eigenvalue weighted by Gasteiger charge is -2.12. The smallest absolute Gasteiger partial charge is 0.0910 e. The van der Waals surface area contributed by atoms with E-state index in [4.69, 9.17) is 0 Å². The van der Waals surface area contributed by atoms with E-state index < -0.39 is 0 Å². The fourth-order valence-corrected chi connectivity index (χ4v) is 2.77. The highest BCUT2D eigenvalue weighted by Gasteiger charge is 2.09. The maximum Gasteiger partial charge on any atom is 0.0910 e. The minimum atomic E-state index is 0.918. The third kappa shape index (κ3) is 4.20. The van der Waals surface area contributed by atoms with Crippen LogP contribution in [0.5, 0.6) is 0 Å². The highest BCUT2D eigenvalue weighted by molar-refractivity contribution is 9.10. The third-order valence-electron chi connectivity index (χ3n) is 3.81. The molecular weight excluding hydrogens is 336 g/mol. The summed E-state index contributed by atoms with van der Waals surface area (Å²) in [6.07, 6.45) is 2.80. The Morgan fingerprint density at radius 1 is 1.14 bits per heavy atom. The van der Waals surface area contributed by atoms with Crippen molar-refractivity contribution in [2.45, 2.75) is 27.2 Å². The third-order valence-corrected chi connectivity index (χ3v) is 4.72. The first-order valence-electron chi connectivity index (χ1n) is 7.59. The van der Waals surface area contributed by atoms with Gasteiger partial charge in [-0.05, 0) is 71.4 Å². The maximum absolute atomic E-state index is 4.62. The molecule has 3 heteroatoms. The number of aliphatic imine (C=N–C) groups is 1. The number of aryl methyl sites for hydroxylation is 2. The molecule has 0 aliphatic carbocycles. The van der Waals surface area contributed by atoms with Crippen LogP contribution in [0.25, 0.3) is 0 Å². The van der Waals surface area contributed by atoms with Gasteiger partial charge in [-0.15, -0.1) is 0 Å².